The summed E-state index contributed by atoms with van der Waals surface area (Å²) in [5.74, 6) is -0.683. The van der Waals surface area contributed by atoms with Crippen molar-refractivity contribution in [2.75, 3.05) is 4.72 Å². The molecule has 0 aromatic heterocycles. The first-order valence-corrected chi connectivity index (χ1v) is 7.60. The molecule has 1 aromatic carbocycles. The van der Waals surface area contributed by atoms with Crippen molar-refractivity contribution in [1.29, 1.82) is 0 Å². The number of nitrogens with one attached hydrogen (secondary N) is 2. The number of halogens is 1. The SMILES string of the molecule is CC(C)OC(=O)NS(=O)(=O)Nc1ccc(F)c(C(N)=S)c1. The van der Waals surface area contributed by atoms with Crippen LogP contribution in [0.5, 0.6) is 0 Å². The molecule has 7 nitrogen and oxygen atoms in total. The Labute approximate surface area is 126 Å². The van der Waals surface area contributed by atoms with Gasteiger partial charge in [-0.05, 0) is 32.0 Å². The third kappa shape index (κ3) is 5.52. The molecule has 0 unspecified atom stereocenters. The van der Waals surface area contributed by atoms with Gasteiger partial charge >= 0.3 is 16.3 Å². The fourth-order valence-electron chi connectivity index (χ4n) is 1.31. The van der Waals surface area contributed by atoms with Gasteiger partial charge in [0.05, 0.1) is 11.8 Å². The van der Waals surface area contributed by atoms with E-state index in [1.807, 2.05) is 4.72 Å². The number of amides is 1. The highest BCUT2D eigenvalue weighted by molar-refractivity contribution is 7.91. The van der Waals surface area contributed by atoms with Crippen molar-refractivity contribution in [3.63, 3.8) is 0 Å². The molecule has 0 bridgehead atoms. The Bertz CT molecular complexity index is 661. The van der Waals surface area contributed by atoms with Gasteiger partial charge in [0.25, 0.3) is 0 Å². The highest BCUT2D eigenvalue weighted by Crippen LogP contribution is 2.15. The quantitative estimate of drug-likeness (QED) is 0.699. The molecule has 0 saturated carbocycles. The number of ether oxygens (including phenoxy) is 1. The zero-order valence-corrected chi connectivity index (χ0v) is 12.8. The summed E-state index contributed by atoms with van der Waals surface area (Å²) >= 11 is 4.64. The van der Waals surface area contributed by atoms with E-state index in [0.717, 1.165) is 18.2 Å². The number of nitrogens with two attached hydrogens (primary N) is 1. The number of benzene rings is 1. The van der Waals surface area contributed by atoms with Crippen LogP contribution < -0.4 is 15.2 Å². The third-order valence-electron chi connectivity index (χ3n) is 2.04. The first kappa shape index (κ1) is 17.1. The van der Waals surface area contributed by atoms with E-state index in [1.54, 1.807) is 18.6 Å². The van der Waals surface area contributed by atoms with E-state index in [9.17, 15) is 17.6 Å². The summed E-state index contributed by atoms with van der Waals surface area (Å²) in [5, 5.41) is 0. The number of hydrogen-bond acceptors (Lipinski definition) is 5. The minimum atomic E-state index is -4.22. The molecule has 10 heteroatoms. The summed E-state index contributed by atoms with van der Waals surface area (Å²) in [4.78, 5) is 11.0. The zero-order chi connectivity index (χ0) is 16.2. The second-order valence-corrected chi connectivity index (χ2v) is 6.08. The Kier molecular flexibility index (Phi) is 5.44. The van der Waals surface area contributed by atoms with Gasteiger partial charge in [0.15, 0.2) is 0 Å². The normalized spacial score (nSPS) is 11.0. The maximum atomic E-state index is 13.4. The van der Waals surface area contributed by atoms with E-state index in [4.69, 9.17) is 5.73 Å². The predicted molar refractivity (Wildman–Crippen MR) is 79.6 cm³/mol. The van der Waals surface area contributed by atoms with Crippen molar-refractivity contribution < 1.29 is 22.3 Å². The zero-order valence-electron chi connectivity index (χ0n) is 11.2. The summed E-state index contributed by atoms with van der Waals surface area (Å²) in [6, 6.07) is 3.27. The van der Waals surface area contributed by atoms with Crippen molar-refractivity contribution in [2.45, 2.75) is 20.0 Å². The average molecular weight is 335 g/mol. The van der Waals surface area contributed by atoms with E-state index >= 15 is 0 Å². The molecule has 0 atom stereocenters. The first-order valence-electron chi connectivity index (χ1n) is 5.71. The van der Waals surface area contributed by atoms with Crippen molar-refractivity contribution in [1.82, 2.24) is 4.72 Å². The van der Waals surface area contributed by atoms with Gasteiger partial charge in [-0.3, -0.25) is 4.72 Å². The number of hydrogen-bond donors (Lipinski definition) is 3. The Morgan fingerprint density at radius 2 is 2.05 bits per heavy atom. The molecule has 0 aliphatic heterocycles. The maximum Gasteiger partial charge on any atom is 0.422 e. The number of carbonyl (C=O) groups excluding carboxylic acids is 1. The van der Waals surface area contributed by atoms with Gasteiger partial charge in [-0.2, -0.15) is 8.42 Å². The number of carbonyl (C=O) groups is 1. The van der Waals surface area contributed by atoms with E-state index in [0.29, 0.717) is 0 Å². The van der Waals surface area contributed by atoms with Crippen LogP contribution in [0.4, 0.5) is 14.9 Å². The largest absolute Gasteiger partial charge is 0.446 e. The molecule has 0 aliphatic rings. The number of rotatable bonds is 5. The van der Waals surface area contributed by atoms with E-state index in [2.05, 4.69) is 17.0 Å². The third-order valence-corrected chi connectivity index (χ3v) is 3.20. The summed E-state index contributed by atoms with van der Waals surface area (Å²) in [5.41, 5.74) is 5.18. The predicted octanol–water partition coefficient (Wildman–Crippen LogP) is 1.25. The van der Waals surface area contributed by atoms with Crippen LogP contribution in [0.2, 0.25) is 0 Å². The molecule has 0 saturated heterocycles. The van der Waals surface area contributed by atoms with Crippen LogP contribution in [-0.4, -0.2) is 25.6 Å². The summed E-state index contributed by atoms with van der Waals surface area (Å²) in [6.45, 7) is 3.13. The van der Waals surface area contributed by atoms with Crippen LogP contribution in [0.25, 0.3) is 0 Å². The van der Waals surface area contributed by atoms with Gasteiger partial charge in [-0.1, -0.05) is 12.2 Å². The molecule has 0 heterocycles. The van der Waals surface area contributed by atoms with Crippen molar-refractivity contribution in [3.05, 3.63) is 29.6 Å². The van der Waals surface area contributed by atoms with Crippen LogP contribution in [0.15, 0.2) is 18.2 Å². The minimum absolute atomic E-state index is 0.0101. The fraction of sp³-hybridized carbons (Fsp3) is 0.273. The molecule has 1 rings (SSSR count). The molecule has 0 fully saturated rings. The summed E-state index contributed by atoms with van der Waals surface area (Å²) in [6.07, 6.45) is -1.61. The van der Waals surface area contributed by atoms with Gasteiger partial charge in [-0.25, -0.2) is 13.9 Å². The number of thiocarbonyl (C=S) groups is 1. The molecule has 0 spiro atoms. The number of anilines is 1. The fourth-order valence-corrected chi connectivity index (χ4v) is 2.22. The van der Waals surface area contributed by atoms with Gasteiger partial charge < -0.3 is 10.5 Å². The Hall–Kier alpha value is -1.94. The van der Waals surface area contributed by atoms with Crippen LogP contribution in [0, 0.1) is 5.82 Å². The molecule has 0 radical (unpaired) electrons. The minimum Gasteiger partial charge on any atom is -0.446 e. The summed E-state index contributed by atoms with van der Waals surface area (Å²) in [7, 11) is -4.22. The van der Waals surface area contributed by atoms with Gasteiger partial charge in [0.2, 0.25) is 0 Å². The lowest BCUT2D eigenvalue weighted by Crippen LogP contribution is -2.36. The highest BCUT2D eigenvalue weighted by atomic mass is 32.2. The van der Waals surface area contributed by atoms with Crippen molar-refractivity contribution >= 4 is 39.2 Å². The first-order chi connectivity index (χ1) is 9.60. The lowest BCUT2D eigenvalue weighted by molar-refractivity contribution is 0.121. The Balaban J connectivity index is 2.87. The highest BCUT2D eigenvalue weighted by Gasteiger charge is 2.17. The monoisotopic (exact) mass is 335 g/mol. The standard InChI is InChI=1S/C11H14FN3O4S2/c1-6(2)19-11(16)15-21(17,18)14-7-3-4-9(12)8(5-7)10(13)20/h3-6,14H,1-2H3,(H2,13,20)(H,15,16). The second kappa shape index (κ2) is 6.68. The van der Waals surface area contributed by atoms with Gasteiger partial charge in [0, 0.05) is 5.56 Å². The molecule has 21 heavy (non-hydrogen) atoms. The lowest BCUT2D eigenvalue weighted by atomic mass is 10.2. The van der Waals surface area contributed by atoms with Crippen LogP contribution in [-0.2, 0) is 14.9 Å². The van der Waals surface area contributed by atoms with Crippen molar-refractivity contribution in [3.8, 4) is 0 Å². The van der Waals surface area contributed by atoms with Crippen LogP contribution in [0.1, 0.15) is 19.4 Å². The Morgan fingerprint density at radius 1 is 1.43 bits per heavy atom. The van der Waals surface area contributed by atoms with E-state index < -0.39 is 28.2 Å². The topological polar surface area (TPSA) is 111 Å². The average Bonchev–Trinajstić information content (AvgIpc) is 2.28. The second-order valence-electron chi connectivity index (χ2n) is 4.22. The maximum absolute atomic E-state index is 13.4. The molecule has 4 N–H and O–H groups in total. The van der Waals surface area contributed by atoms with Gasteiger partial charge in [0.1, 0.15) is 10.8 Å². The molecule has 1 aromatic rings. The summed E-state index contributed by atoms with van der Waals surface area (Å²) < 4.78 is 45.0. The molecule has 1 amide bonds. The molecular formula is C11H14FN3O4S2. The molecule has 116 valence electrons. The smallest absolute Gasteiger partial charge is 0.422 e. The van der Waals surface area contributed by atoms with Gasteiger partial charge in [-0.15, -0.1) is 0 Å². The van der Waals surface area contributed by atoms with Crippen molar-refractivity contribution in [2.24, 2.45) is 5.73 Å². The lowest BCUT2D eigenvalue weighted by Gasteiger charge is -2.12. The van der Waals surface area contributed by atoms with E-state index in [1.165, 1.54) is 0 Å². The Morgan fingerprint density at radius 3 is 2.57 bits per heavy atom. The van der Waals surface area contributed by atoms with E-state index in [-0.39, 0.29) is 16.2 Å². The molecular weight excluding hydrogens is 321 g/mol. The van der Waals surface area contributed by atoms with Crippen LogP contribution in [0.3, 0.4) is 0 Å². The molecule has 0 aliphatic carbocycles. The van der Waals surface area contributed by atoms with Crippen LogP contribution >= 0.6 is 12.2 Å².